The van der Waals surface area contributed by atoms with Crippen molar-refractivity contribution in [2.24, 2.45) is 5.92 Å². The molecular formula is C30H25F6N3O3. The number of aryl methyl sites for hydroxylation is 1. The van der Waals surface area contributed by atoms with Gasteiger partial charge in [-0.05, 0) is 55.2 Å². The van der Waals surface area contributed by atoms with Crippen molar-refractivity contribution in [3.05, 3.63) is 95.2 Å². The molecule has 42 heavy (non-hydrogen) atoms. The molecule has 0 saturated heterocycles. The summed E-state index contributed by atoms with van der Waals surface area (Å²) in [7, 11) is 0. The fraction of sp³-hybridized carbons (Fsp3) is 0.267. The second-order valence-electron chi connectivity index (χ2n) is 9.79. The molecule has 4 aromatic rings. The van der Waals surface area contributed by atoms with Crippen molar-refractivity contribution in [2.75, 3.05) is 0 Å². The van der Waals surface area contributed by atoms with E-state index >= 15 is 0 Å². The molecule has 12 heteroatoms. The lowest BCUT2D eigenvalue weighted by atomic mass is 10.00. The minimum Gasteiger partial charge on any atom is -0.481 e. The molecule has 1 aromatic heterocycles. The van der Waals surface area contributed by atoms with Gasteiger partial charge in [0.15, 0.2) is 6.04 Å². The van der Waals surface area contributed by atoms with Gasteiger partial charge in [0.05, 0.1) is 33.9 Å². The number of amides is 1. The van der Waals surface area contributed by atoms with Crippen LogP contribution in [0, 0.1) is 5.92 Å². The molecule has 0 aliphatic rings. The molecule has 6 nitrogen and oxygen atoms in total. The van der Waals surface area contributed by atoms with Gasteiger partial charge in [0.25, 0.3) is 5.91 Å². The molecule has 220 valence electrons. The van der Waals surface area contributed by atoms with Crippen molar-refractivity contribution in [2.45, 2.75) is 44.6 Å². The van der Waals surface area contributed by atoms with E-state index in [1.165, 1.54) is 54.6 Å². The Balaban J connectivity index is 1.69. The third-order valence-electron chi connectivity index (χ3n) is 6.69. The monoisotopic (exact) mass is 589 g/mol. The standard InChI is InChI=1S/C30H25F6N3O3/c1-17(28(41)42)6-5-9-23-25(18-10-13-21(14-11-18)29(31,32)33)38-22-15-12-20(16-24(22)37-23)27(40)39-26(30(34,35)36)19-7-3-2-4-8-19/h2-4,7-8,10-17,26H,5-6,9H2,1H3,(H,39,40)(H,41,42)/t17?,26-/m0/s1. The number of nitrogens with one attached hydrogen (secondary N) is 1. The second-order valence-corrected chi connectivity index (χ2v) is 9.79. The summed E-state index contributed by atoms with van der Waals surface area (Å²) in [6.07, 6.45) is -8.41. The largest absolute Gasteiger partial charge is 0.481 e. The van der Waals surface area contributed by atoms with Gasteiger partial charge in [-0.25, -0.2) is 9.97 Å². The Labute approximate surface area is 236 Å². The summed E-state index contributed by atoms with van der Waals surface area (Å²) in [5.41, 5.74) is 0.319. The first-order valence-corrected chi connectivity index (χ1v) is 12.9. The molecule has 2 N–H and O–H groups in total. The highest BCUT2D eigenvalue weighted by Gasteiger charge is 2.42. The number of carboxylic acids is 1. The van der Waals surface area contributed by atoms with E-state index in [0.29, 0.717) is 24.1 Å². The summed E-state index contributed by atoms with van der Waals surface area (Å²) in [6.45, 7) is 1.54. The zero-order valence-corrected chi connectivity index (χ0v) is 22.1. The molecule has 0 spiro atoms. The Morgan fingerprint density at radius 1 is 0.881 bits per heavy atom. The Kier molecular flexibility index (Phi) is 8.83. The van der Waals surface area contributed by atoms with Crippen LogP contribution in [-0.2, 0) is 17.4 Å². The van der Waals surface area contributed by atoms with E-state index in [2.05, 4.69) is 9.97 Å². The third kappa shape index (κ3) is 7.23. The topological polar surface area (TPSA) is 92.2 Å². The number of nitrogens with zero attached hydrogens (tertiary/aromatic N) is 2. The van der Waals surface area contributed by atoms with Crippen LogP contribution in [0.25, 0.3) is 22.3 Å². The lowest BCUT2D eigenvalue weighted by Gasteiger charge is -2.22. The number of rotatable bonds is 9. The number of aliphatic carboxylic acids is 1. The molecule has 0 aliphatic carbocycles. The van der Waals surface area contributed by atoms with Crippen molar-refractivity contribution < 1.29 is 41.0 Å². The number of fused-ring (bicyclic) bond motifs is 1. The van der Waals surface area contributed by atoms with Gasteiger partial charge < -0.3 is 10.4 Å². The Morgan fingerprint density at radius 2 is 1.55 bits per heavy atom. The first-order valence-electron chi connectivity index (χ1n) is 12.9. The second kappa shape index (κ2) is 12.2. The van der Waals surface area contributed by atoms with Crippen LogP contribution >= 0.6 is 0 Å². The maximum Gasteiger partial charge on any atom is 0.416 e. The van der Waals surface area contributed by atoms with Gasteiger partial charge in [-0.1, -0.05) is 49.4 Å². The number of alkyl halides is 6. The van der Waals surface area contributed by atoms with Gasteiger partial charge in [0.2, 0.25) is 0 Å². The van der Waals surface area contributed by atoms with E-state index in [4.69, 9.17) is 0 Å². The van der Waals surface area contributed by atoms with E-state index in [1.807, 2.05) is 5.32 Å². The molecule has 0 bridgehead atoms. The maximum atomic E-state index is 13.8. The van der Waals surface area contributed by atoms with Gasteiger partial charge >= 0.3 is 18.3 Å². The van der Waals surface area contributed by atoms with Gasteiger partial charge in [0.1, 0.15) is 0 Å². The van der Waals surface area contributed by atoms with Crippen molar-refractivity contribution in [3.8, 4) is 11.3 Å². The van der Waals surface area contributed by atoms with Crippen LogP contribution in [0.15, 0.2) is 72.8 Å². The minimum atomic E-state index is -4.76. The lowest BCUT2D eigenvalue weighted by molar-refractivity contribution is -0.155. The lowest BCUT2D eigenvalue weighted by Crippen LogP contribution is -2.38. The molecule has 1 unspecified atom stereocenters. The van der Waals surface area contributed by atoms with Gasteiger partial charge in [-0.2, -0.15) is 26.3 Å². The van der Waals surface area contributed by atoms with Gasteiger partial charge in [-0.15, -0.1) is 0 Å². The van der Waals surface area contributed by atoms with Crippen LogP contribution < -0.4 is 5.32 Å². The fourth-order valence-corrected chi connectivity index (χ4v) is 4.37. The molecule has 0 aliphatic heterocycles. The molecule has 2 atom stereocenters. The molecule has 0 fully saturated rings. The fourth-order valence-electron chi connectivity index (χ4n) is 4.37. The SMILES string of the molecule is CC(CCCc1nc2cc(C(=O)N[C@@H](c3ccccc3)C(F)(F)F)ccc2nc1-c1ccc(C(F)(F)F)cc1)C(=O)O. The highest BCUT2D eigenvalue weighted by molar-refractivity contribution is 5.97. The number of carbonyl (C=O) groups is 2. The predicted octanol–water partition coefficient (Wildman–Crippen LogP) is 7.39. The van der Waals surface area contributed by atoms with Crippen molar-refractivity contribution in [3.63, 3.8) is 0 Å². The van der Waals surface area contributed by atoms with E-state index < -0.39 is 41.8 Å². The zero-order valence-electron chi connectivity index (χ0n) is 22.1. The molecule has 3 aromatic carbocycles. The number of carboxylic acid groups (broad SMARTS) is 1. The molecule has 0 radical (unpaired) electrons. The van der Waals surface area contributed by atoms with Crippen LogP contribution in [0.2, 0.25) is 0 Å². The van der Waals surface area contributed by atoms with Gasteiger partial charge in [0, 0.05) is 11.1 Å². The quantitative estimate of drug-likeness (QED) is 0.199. The van der Waals surface area contributed by atoms with Crippen molar-refractivity contribution in [1.29, 1.82) is 0 Å². The summed E-state index contributed by atoms with van der Waals surface area (Å²) < 4.78 is 80.6. The summed E-state index contributed by atoms with van der Waals surface area (Å²) >= 11 is 0. The molecule has 1 heterocycles. The van der Waals surface area contributed by atoms with Crippen molar-refractivity contribution in [1.82, 2.24) is 15.3 Å². The van der Waals surface area contributed by atoms with E-state index in [9.17, 15) is 41.0 Å². The number of aromatic nitrogens is 2. The van der Waals surface area contributed by atoms with Crippen LogP contribution in [0.1, 0.15) is 53.0 Å². The Bertz CT molecular complexity index is 1570. The predicted molar refractivity (Wildman–Crippen MR) is 142 cm³/mol. The van der Waals surface area contributed by atoms with Crippen LogP contribution in [0.4, 0.5) is 26.3 Å². The summed E-state index contributed by atoms with van der Waals surface area (Å²) in [5.74, 6) is -2.62. The maximum absolute atomic E-state index is 13.8. The number of carbonyl (C=O) groups excluding carboxylic acids is 1. The highest BCUT2D eigenvalue weighted by atomic mass is 19.4. The molecule has 1 amide bonds. The van der Waals surface area contributed by atoms with E-state index in [1.54, 1.807) is 13.0 Å². The number of benzene rings is 3. The highest BCUT2D eigenvalue weighted by Crippen LogP contribution is 2.34. The first kappa shape index (κ1) is 30.5. The first-order chi connectivity index (χ1) is 19.7. The van der Waals surface area contributed by atoms with Crippen LogP contribution in [0.3, 0.4) is 0 Å². The van der Waals surface area contributed by atoms with E-state index in [-0.39, 0.29) is 34.3 Å². The zero-order chi connectivity index (χ0) is 30.7. The number of halogens is 6. The molecule has 4 rings (SSSR count). The van der Waals surface area contributed by atoms with E-state index in [0.717, 1.165) is 12.1 Å². The third-order valence-corrected chi connectivity index (χ3v) is 6.69. The Hall–Kier alpha value is -4.48. The van der Waals surface area contributed by atoms with Crippen LogP contribution in [-0.4, -0.2) is 33.1 Å². The molecule has 0 saturated carbocycles. The average molecular weight is 590 g/mol. The minimum absolute atomic E-state index is 0.102. The summed E-state index contributed by atoms with van der Waals surface area (Å²) in [6, 6.07) is 13.0. The average Bonchev–Trinajstić information content (AvgIpc) is 2.94. The summed E-state index contributed by atoms with van der Waals surface area (Å²) in [4.78, 5) is 33.2. The molecular weight excluding hydrogens is 564 g/mol. The number of hydrogen-bond donors (Lipinski definition) is 2. The van der Waals surface area contributed by atoms with Crippen LogP contribution in [0.5, 0.6) is 0 Å². The van der Waals surface area contributed by atoms with Gasteiger partial charge in [-0.3, -0.25) is 9.59 Å². The summed E-state index contributed by atoms with van der Waals surface area (Å²) in [5, 5.41) is 11.2. The normalized spacial score (nSPS) is 13.5. The Morgan fingerprint density at radius 3 is 2.14 bits per heavy atom. The van der Waals surface area contributed by atoms with Crippen molar-refractivity contribution >= 4 is 22.9 Å². The number of hydrogen-bond acceptors (Lipinski definition) is 4. The smallest absolute Gasteiger partial charge is 0.416 e.